The van der Waals surface area contributed by atoms with Gasteiger partial charge in [0.2, 0.25) is 5.91 Å². The molecule has 2 heterocycles. The van der Waals surface area contributed by atoms with Crippen molar-refractivity contribution in [2.45, 2.75) is 58.5 Å². The summed E-state index contributed by atoms with van der Waals surface area (Å²) < 4.78 is 2.21. The maximum absolute atomic E-state index is 12.2. The number of carbonyl (C=O) groups excluding carboxylic acids is 1. The predicted molar refractivity (Wildman–Crippen MR) is 90.9 cm³/mol. The Bertz CT molecular complexity index is 507. The third kappa shape index (κ3) is 4.34. The molecule has 23 heavy (non-hydrogen) atoms. The summed E-state index contributed by atoms with van der Waals surface area (Å²) in [6, 6.07) is 0. The summed E-state index contributed by atoms with van der Waals surface area (Å²) in [5.41, 5.74) is 0. The molecular formula is C18H30N4O. The Hall–Kier alpha value is -1.36. The van der Waals surface area contributed by atoms with Crippen LogP contribution in [0.3, 0.4) is 0 Å². The van der Waals surface area contributed by atoms with Gasteiger partial charge in [-0.1, -0.05) is 19.3 Å². The zero-order chi connectivity index (χ0) is 16.1. The Kier molecular flexibility index (Phi) is 5.70. The molecule has 1 saturated carbocycles. The Morgan fingerprint density at radius 1 is 1.30 bits per heavy atom. The minimum atomic E-state index is 0.276. The number of carbonyl (C=O) groups is 1. The van der Waals surface area contributed by atoms with Crippen molar-refractivity contribution in [3.63, 3.8) is 0 Å². The van der Waals surface area contributed by atoms with Crippen molar-refractivity contribution in [2.75, 3.05) is 19.6 Å². The first-order chi connectivity index (χ1) is 11.3. The molecule has 2 fully saturated rings. The summed E-state index contributed by atoms with van der Waals surface area (Å²) in [6.45, 7) is 7.08. The third-order valence-electron chi connectivity index (χ3n) is 5.42. The van der Waals surface area contributed by atoms with Crippen LogP contribution in [0.4, 0.5) is 0 Å². The number of aryl methyl sites for hydroxylation is 1. The number of imidazole rings is 1. The van der Waals surface area contributed by atoms with Gasteiger partial charge in [-0.3, -0.25) is 9.69 Å². The smallest absolute Gasteiger partial charge is 0.223 e. The highest BCUT2D eigenvalue weighted by atomic mass is 16.1. The molecule has 2 aliphatic rings. The molecule has 1 aromatic heterocycles. The third-order valence-corrected chi connectivity index (χ3v) is 5.42. The molecule has 0 spiro atoms. The van der Waals surface area contributed by atoms with E-state index in [2.05, 4.69) is 26.7 Å². The average molecular weight is 318 g/mol. The van der Waals surface area contributed by atoms with Crippen LogP contribution < -0.4 is 5.32 Å². The van der Waals surface area contributed by atoms with Gasteiger partial charge in [-0.05, 0) is 38.6 Å². The Morgan fingerprint density at radius 3 is 2.91 bits per heavy atom. The van der Waals surface area contributed by atoms with Crippen LogP contribution in [-0.2, 0) is 17.9 Å². The molecule has 0 radical (unpaired) electrons. The largest absolute Gasteiger partial charge is 0.356 e. The molecule has 1 aromatic rings. The number of aromatic nitrogens is 2. The Labute approximate surface area is 139 Å². The van der Waals surface area contributed by atoms with E-state index in [1.165, 1.54) is 25.7 Å². The minimum Gasteiger partial charge on any atom is -0.356 e. The standard InChI is InChI=1S/C18H30N4O/c1-2-22-11-9-19-17(22)14-21-10-8-15(13-21)12-20-18(23)16-6-4-3-5-7-16/h9,11,15-16H,2-8,10,12-14H2,1H3,(H,20,23). The van der Waals surface area contributed by atoms with E-state index in [1.54, 1.807) is 0 Å². The average Bonchev–Trinajstić information content (AvgIpc) is 3.23. The lowest BCUT2D eigenvalue weighted by molar-refractivity contribution is -0.126. The van der Waals surface area contributed by atoms with Crippen LogP contribution in [0.15, 0.2) is 12.4 Å². The fourth-order valence-corrected chi connectivity index (χ4v) is 3.96. The van der Waals surface area contributed by atoms with Gasteiger partial charge in [0.1, 0.15) is 5.82 Å². The zero-order valence-corrected chi connectivity index (χ0v) is 14.3. The molecule has 1 aliphatic carbocycles. The van der Waals surface area contributed by atoms with Gasteiger partial charge in [-0.25, -0.2) is 4.98 Å². The van der Waals surface area contributed by atoms with Crippen molar-refractivity contribution in [3.05, 3.63) is 18.2 Å². The van der Waals surface area contributed by atoms with Crippen LogP contribution in [0.5, 0.6) is 0 Å². The highest BCUT2D eigenvalue weighted by molar-refractivity contribution is 5.78. The quantitative estimate of drug-likeness (QED) is 0.876. The van der Waals surface area contributed by atoms with E-state index in [0.717, 1.165) is 51.4 Å². The number of hydrogen-bond acceptors (Lipinski definition) is 3. The lowest BCUT2D eigenvalue weighted by Crippen LogP contribution is -2.36. The van der Waals surface area contributed by atoms with E-state index in [0.29, 0.717) is 11.8 Å². The minimum absolute atomic E-state index is 0.276. The summed E-state index contributed by atoms with van der Waals surface area (Å²) >= 11 is 0. The second-order valence-corrected chi connectivity index (χ2v) is 7.10. The van der Waals surface area contributed by atoms with Crippen molar-refractivity contribution < 1.29 is 4.79 Å². The van der Waals surface area contributed by atoms with Gasteiger partial charge in [0.15, 0.2) is 0 Å². The lowest BCUT2D eigenvalue weighted by Gasteiger charge is -2.22. The lowest BCUT2D eigenvalue weighted by atomic mass is 9.88. The zero-order valence-electron chi connectivity index (χ0n) is 14.3. The van der Waals surface area contributed by atoms with E-state index < -0.39 is 0 Å². The first kappa shape index (κ1) is 16.5. The van der Waals surface area contributed by atoms with Crippen molar-refractivity contribution in [3.8, 4) is 0 Å². The highest BCUT2D eigenvalue weighted by Crippen LogP contribution is 2.24. The van der Waals surface area contributed by atoms with Gasteiger partial charge in [0.25, 0.3) is 0 Å². The van der Waals surface area contributed by atoms with Crippen LogP contribution in [0.2, 0.25) is 0 Å². The molecule has 1 aliphatic heterocycles. The highest BCUT2D eigenvalue weighted by Gasteiger charge is 2.26. The van der Waals surface area contributed by atoms with Gasteiger partial charge in [0.05, 0.1) is 6.54 Å². The molecule has 1 unspecified atom stereocenters. The summed E-state index contributed by atoms with van der Waals surface area (Å²) in [4.78, 5) is 19.2. The van der Waals surface area contributed by atoms with Crippen molar-refractivity contribution in [1.82, 2.24) is 19.8 Å². The van der Waals surface area contributed by atoms with Crippen LogP contribution >= 0.6 is 0 Å². The van der Waals surface area contributed by atoms with E-state index in [1.807, 2.05) is 12.4 Å². The molecule has 1 atom stereocenters. The topological polar surface area (TPSA) is 50.2 Å². The maximum Gasteiger partial charge on any atom is 0.223 e. The number of amides is 1. The van der Waals surface area contributed by atoms with E-state index >= 15 is 0 Å². The van der Waals surface area contributed by atoms with Crippen molar-refractivity contribution in [2.24, 2.45) is 11.8 Å². The molecule has 0 aromatic carbocycles. The van der Waals surface area contributed by atoms with Crippen molar-refractivity contribution >= 4 is 5.91 Å². The second kappa shape index (κ2) is 7.95. The summed E-state index contributed by atoms with van der Waals surface area (Å²) in [7, 11) is 0. The molecule has 1 amide bonds. The van der Waals surface area contributed by atoms with E-state index in [4.69, 9.17) is 0 Å². The first-order valence-corrected chi connectivity index (χ1v) is 9.26. The molecule has 0 bridgehead atoms. The fraction of sp³-hybridized carbons (Fsp3) is 0.778. The Morgan fingerprint density at radius 2 is 2.13 bits per heavy atom. The molecular weight excluding hydrogens is 288 g/mol. The van der Waals surface area contributed by atoms with Crippen LogP contribution in [0.25, 0.3) is 0 Å². The first-order valence-electron chi connectivity index (χ1n) is 9.26. The van der Waals surface area contributed by atoms with Crippen LogP contribution in [-0.4, -0.2) is 40.0 Å². The van der Waals surface area contributed by atoms with Crippen LogP contribution in [0, 0.1) is 11.8 Å². The van der Waals surface area contributed by atoms with Crippen molar-refractivity contribution in [1.29, 1.82) is 0 Å². The van der Waals surface area contributed by atoms with Gasteiger partial charge >= 0.3 is 0 Å². The fourth-order valence-electron chi connectivity index (χ4n) is 3.96. The van der Waals surface area contributed by atoms with Gasteiger partial charge in [-0.2, -0.15) is 0 Å². The Balaban J connectivity index is 1.40. The number of nitrogens with one attached hydrogen (secondary N) is 1. The molecule has 5 heteroatoms. The summed E-state index contributed by atoms with van der Waals surface area (Å²) in [6.07, 6.45) is 11.0. The molecule has 128 valence electrons. The van der Waals surface area contributed by atoms with E-state index in [9.17, 15) is 4.79 Å². The number of hydrogen-bond donors (Lipinski definition) is 1. The predicted octanol–water partition coefficient (Wildman–Crippen LogP) is 2.42. The molecule has 5 nitrogen and oxygen atoms in total. The van der Waals surface area contributed by atoms with Gasteiger partial charge in [-0.15, -0.1) is 0 Å². The van der Waals surface area contributed by atoms with Crippen LogP contribution in [0.1, 0.15) is 51.3 Å². The second-order valence-electron chi connectivity index (χ2n) is 7.10. The van der Waals surface area contributed by atoms with Gasteiger partial charge < -0.3 is 9.88 Å². The SMILES string of the molecule is CCn1ccnc1CN1CCC(CNC(=O)C2CCCCC2)C1. The molecule has 1 saturated heterocycles. The summed E-state index contributed by atoms with van der Waals surface area (Å²) in [5.74, 6) is 2.31. The normalized spacial score (nSPS) is 23.3. The number of rotatable bonds is 6. The molecule has 3 rings (SSSR count). The number of likely N-dealkylation sites (tertiary alicyclic amines) is 1. The van der Waals surface area contributed by atoms with Gasteiger partial charge in [0, 0.05) is 37.9 Å². The molecule has 1 N–H and O–H groups in total. The number of nitrogens with zero attached hydrogens (tertiary/aromatic N) is 3. The monoisotopic (exact) mass is 318 g/mol. The maximum atomic E-state index is 12.2. The van der Waals surface area contributed by atoms with E-state index in [-0.39, 0.29) is 5.92 Å². The summed E-state index contributed by atoms with van der Waals surface area (Å²) in [5, 5.41) is 3.21.